The third-order valence-corrected chi connectivity index (χ3v) is 3.00. The van der Waals surface area contributed by atoms with Crippen LogP contribution in [0.3, 0.4) is 0 Å². The van der Waals surface area contributed by atoms with Crippen LogP contribution in [0.5, 0.6) is 0 Å². The van der Waals surface area contributed by atoms with Gasteiger partial charge in [-0.05, 0) is 29.3 Å². The molecule has 1 heterocycles. The van der Waals surface area contributed by atoms with E-state index >= 15 is 0 Å². The van der Waals surface area contributed by atoms with Gasteiger partial charge in [-0.15, -0.1) is 0 Å². The molecule has 1 aliphatic rings. The predicted octanol–water partition coefficient (Wildman–Crippen LogP) is 2.90. The van der Waals surface area contributed by atoms with Crippen LogP contribution in [-0.2, 0) is 6.42 Å². The van der Waals surface area contributed by atoms with Crippen LogP contribution < -0.4 is 0 Å². The van der Waals surface area contributed by atoms with E-state index in [2.05, 4.69) is 11.1 Å². The van der Waals surface area contributed by atoms with Crippen molar-refractivity contribution in [3.63, 3.8) is 0 Å². The lowest BCUT2D eigenvalue weighted by Gasteiger charge is -2.00. The fourth-order valence-corrected chi connectivity index (χ4v) is 2.11. The molecule has 1 aromatic heterocycles. The number of pyridine rings is 1. The molecule has 1 aliphatic carbocycles. The first-order valence-electron chi connectivity index (χ1n) is 5.58. The van der Waals surface area contributed by atoms with Crippen LogP contribution in [0.2, 0.25) is 0 Å². The summed E-state index contributed by atoms with van der Waals surface area (Å²) in [4.78, 5) is 16.1. The predicted molar refractivity (Wildman–Crippen MR) is 66.7 cm³/mol. The second-order valence-electron chi connectivity index (χ2n) is 4.11. The Bertz CT molecular complexity index is 599. The lowest BCUT2D eigenvalue weighted by molar-refractivity contribution is 0.103. The maximum absolute atomic E-state index is 12.2. The molecule has 0 unspecified atom stereocenters. The highest BCUT2D eigenvalue weighted by molar-refractivity contribution is 6.12. The number of hydrogen-bond donors (Lipinski definition) is 0. The number of nitrogens with zero attached hydrogens (tertiary/aromatic N) is 1. The summed E-state index contributed by atoms with van der Waals surface area (Å²) in [6.45, 7) is 0. The first-order valence-corrected chi connectivity index (χ1v) is 5.58. The van der Waals surface area contributed by atoms with Gasteiger partial charge in [-0.1, -0.05) is 24.3 Å². The Kier molecular flexibility index (Phi) is 2.33. The highest BCUT2D eigenvalue weighted by Gasteiger charge is 2.18. The van der Waals surface area contributed by atoms with Gasteiger partial charge in [0.05, 0.1) is 0 Å². The molecule has 3 rings (SSSR count). The van der Waals surface area contributed by atoms with Gasteiger partial charge in [-0.2, -0.15) is 0 Å². The molecule has 2 nitrogen and oxygen atoms in total. The van der Waals surface area contributed by atoms with Crippen molar-refractivity contribution < 1.29 is 4.79 Å². The van der Waals surface area contributed by atoms with Crippen LogP contribution in [0.25, 0.3) is 6.08 Å². The summed E-state index contributed by atoms with van der Waals surface area (Å²) >= 11 is 0. The number of fused-ring (bicyclic) bond motifs is 1. The molecule has 0 bridgehead atoms. The third kappa shape index (κ3) is 1.78. The zero-order valence-electron chi connectivity index (χ0n) is 9.26. The number of aromatic nitrogens is 1. The summed E-state index contributed by atoms with van der Waals surface area (Å²) in [5.74, 6) is 0.101. The summed E-state index contributed by atoms with van der Waals surface area (Å²) in [6, 6.07) is 11.6. The third-order valence-electron chi connectivity index (χ3n) is 3.00. The first kappa shape index (κ1) is 9.97. The van der Waals surface area contributed by atoms with E-state index in [4.69, 9.17) is 0 Å². The minimum Gasteiger partial charge on any atom is -0.289 e. The molecule has 2 aromatic rings. The van der Waals surface area contributed by atoms with Gasteiger partial charge >= 0.3 is 0 Å². The Labute approximate surface area is 99.6 Å². The molecule has 82 valence electrons. The Morgan fingerprint density at radius 3 is 2.59 bits per heavy atom. The average Bonchev–Trinajstić information content (AvgIpc) is 2.82. The second-order valence-corrected chi connectivity index (χ2v) is 4.11. The molecule has 0 spiro atoms. The lowest BCUT2D eigenvalue weighted by Crippen LogP contribution is -2.03. The molecule has 2 heteroatoms. The van der Waals surface area contributed by atoms with E-state index < -0.39 is 0 Å². The SMILES string of the molecule is O=C(C1=Cc2ccccc2C1)c1ccncc1. The number of hydrogen-bond acceptors (Lipinski definition) is 2. The second kappa shape index (κ2) is 3.98. The van der Waals surface area contributed by atoms with E-state index in [0.717, 1.165) is 17.6 Å². The van der Waals surface area contributed by atoms with E-state index in [9.17, 15) is 4.79 Å². The summed E-state index contributed by atoms with van der Waals surface area (Å²) in [5.41, 5.74) is 3.95. The Morgan fingerprint density at radius 1 is 1.06 bits per heavy atom. The maximum Gasteiger partial charge on any atom is 0.189 e. The van der Waals surface area contributed by atoms with Crippen molar-refractivity contribution in [1.29, 1.82) is 0 Å². The van der Waals surface area contributed by atoms with Gasteiger partial charge in [0, 0.05) is 30.0 Å². The molecule has 0 N–H and O–H groups in total. The quantitative estimate of drug-likeness (QED) is 0.730. The minimum atomic E-state index is 0.101. The molecule has 0 saturated carbocycles. The van der Waals surface area contributed by atoms with E-state index in [-0.39, 0.29) is 5.78 Å². The standard InChI is InChI=1S/C15H11NO/c17-15(11-5-7-16-8-6-11)14-9-12-3-1-2-4-13(12)10-14/h1-9H,10H2. The van der Waals surface area contributed by atoms with Crippen LogP contribution in [0.4, 0.5) is 0 Å². The topological polar surface area (TPSA) is 30.0 Å². The molecule has 17 heavy (non-hydrogen) atoms. The van der Waals surface area contributed by atoms with Gasteiger partial charge < -0.3 is 0 Å². The van der Waals surface area contributed by atoms with Gasteiger partial charge in [0.25, 0.3) is 0 Å². The number of Topliss-reactive ketones (excluding diaryl/α,β-unsaturated/α-hetero) is 1. The zero-order chi connectivity index (χ0) is 11.7. The van der Waals surface area contributed by atoms with Crippen LogP contribution >= 0.6 is 0 Å². The van der Waals surface area contributed by atoms with Crippen LogP contribution in [-0.4, -0.2) is 10.8 Å². The summed E-state index contributed by atoms with van der Waals surface area (Å²) in [7, 11) is 0. The zero-order valence-corrected chi connectivity index (χ0v) is 9.26. The number of rotatable bonds is 2. The number of carbonyl (C=O) groups excluding carboxylic acids is 1. The average molecular weight is 221 g/mol. The number of allylic oxidation sites excluding steroid dienone is 1. The van der Waals surface area contributed by atoms with Gasteiger partial charge in [0.15, 0.2) is 5.78 Å². The molecule has 0 atom stereocenters. The van der Waals surface area contributed by atoms with Crippen LogP contribution in [0.1, 0.15) is 21.5 Å². The molecule has 0 amide bonds. The maximum atomic E-state index is 12.2. The van der Waals surface area contributed by atoms with Crippen LogP contribution in [0.15, 0.2) is 54.4 Å². The highest BCUT2D eigenvalue weighted by atomic mass is 16.1. The Morgan fingerprint density at radius 2 is 1.82 bits per heavy atom. The molecule has 0 saturated heterocycles. The summed E-state index contributed by atoms with van der Waals surface area (Å²) < 4.78 is 0. The van der Waals surface area contributed by atoms with Crippen molar-refractivity contribution >= 4 is 11.9 Å². The van der Waals surface area contributed by atoms with Gasteiger partial charge in [-0.25, -0.2) is 0 Å². The monoisotopic (exact) mass is 221 g/mol. The smallest absolute Gasteiger partial charge is 0.189 e. The number of benzene rings is 1. The van der Waals surface area contributed by atoms with Gasteiger partial charge in [0.2, 0.25) is 0 Å². The Balaban J connectivity index is 1.93. The largest absolute Gasteiger partial charge is 0.289 e. The fraction of sp³-hybridized carbons (Fsp3) is 0.0667. The molecule has 0 radical (unpaired) electrons. The fourth-order valence-electron chi connectivity index (χ4n) is 2.11. The molecule has 0 aliphatic heterocycles. The van der Waals surface area contributed by atoms with E-state index in [0.29, 0.717) is 5.56 Å². The van der Waals surface area contributed by atoms with E-state index in [1.165, 1.54) is 5.56 Å². The van der Waals surface area contributed by atoms with Gasteiger partial charge in [-0.3, -0.25) is 9.78 Å². The van der Waals surface area contributed by atoms with E-state index in [1.807, 2.05) is 24.3 Å². The normalized spacial score (nSPS) is 13.1. The van der Waals surface area contributed by atoms with Crippen molar-refractivity contribution in [2.75, 3.05) is 0 Å². The molecular weight excluding hydrogens is 210 g/mol. The highest BCUT2D eigenvalue weighted by Crippen LogP contribution is 2.26. The number of carbonyl (C=O) groups is 1. The minimum absolute atomic E-state index is 0.101. The number of ketones is 1. The van der Waals surface area contributed by atoms with Crippen molar-refractivity contribution in [3.8, 4) is 0 Å². The van der Waals surface area contributed by atoms with Gasteiger partial charge in [0.1, 0.15) is 0 Å². The lowest BCUT2D eigenvalue weighted by atomic mass is 10.0. The van der Waals surface area contributed by atoms with Crippen molar-refractivity contribution in [1.82, 2.24) is 4.98 Å². The van der Waals surface area contributed by atoms with E-state index in [1.54, 1.807) is 24.5 Å². The first-order chi connectivity index (χ1) is 8.34. The van der Waals surface area contributed by atoms with Crippen molar-refractivity contribution in [2.45, 2.75) is 6.42 Å². The molecule has 1 aromatic carbocycles. The summed E-state index contributed by atoms with van der Waals surface area (Å²) in [6.07, 6.45) is 6.02. The molecule has 0 fully saturated rings. The molecular formula is C15H11NO. The Hall–Kier alpha value is -2.22. The van der Waals surface area contributed by atoms with Crippen molar-refractivity contribution in [3.05, 3.63) is 71.1 Å². The van der Waals surface area contributed by atoms with Crippen molar-refractivity contribution in [2.24, 2.45) is 0 Å². The summed E-state index contributed by atoms with van der Waals surface area (Å²) in [5, 5.41) is 0. The van der Waals surface area contributed by atoms with Crippen LogP contribution in [0, 0.1) is 0 Å².